The minimum atomic E-state index is -0.325. The summed E-state index contributed by atoms with van der Waals surface area (Å²) in [6.07, 6.45) is 3.54. The minimum absolute atomic E-state index is 0.0357. The summed E-state index contributed by atoms with van der Waals surface area (Å²) < 4.78 is 2.04. The van der Waals surface area contributed by atoms with Crippen LogP contribution in [0.25, 0.3) is 0 Å². The van der Waals surface area contributed by atoms with Gasteiger partial charge in [-0.2, -0.15) is 11.8 Å². The van der Waals surface area contributed by atoms with E-state index in [0.29, 0.717) is 0 Å². The van der Waals surface area contributed by atoms with Gasteiger partial charge in [-0.05, 0) is 0 Å². The summed E-state index contributed by atoms with van der Waals surface area (Å²) in [6, 6.07) is -0.325. The quantitative estimate of drug-likeness (QED) is 0.771. The normalized spacial score (nSPS) is 19.4. The number of hydrogen-bond donors (Lipinski definition) is 2. The molecule has 0 aromatic carbocycles. The van der Waals surface area contributed by atoms with Crippen molar-refractivity contribution in [2.45, 2.75) is 12.6 Å². The Morgan fingerprint density at radius 3 is 2.88 bits per heavy atom. The van der Waals surface area contributed by atoms with Gasteiger partial charge in [0.05, 0.1) is 24.7 Å². The molecule has 0 amide bonds. The van der Waals surface area contributed by atoms with E-state index in [1.165, 1.54) is 24.6 Å². The summed E-state index contributed by atoms with van der Waals surface area (Å²) in [5, 5.41) is 9.07. The van der Waals surface area contributed by atoms with E-state index in [4.69, 9.17) is 10.8 Å². The van der Waals surface area contributed by atoms with Crippen LogP contribution in [0.5, 0.6) is 0 Å². The Kier molecular flexibility index (Phi) is 4.85. The molecule has 5 nitrogen and oxygen atoms in total. The fourth-order valence-corrected chi connectivity index (χ4v) is 2.97. The van der Waals surface area contributed by atoms with Crippen LogP contribution in [0.1, 0.15) is 11.7 Å². The van der Waals surface area contributed by atoms with E-state index in [1.807, 2.05) is 16.3 Å². The molecule has 1 aromatic heterocycles. The van der Waals surface area contributed by atoms with E-state index >= 15 is 0 Å². The molecule has 0 spiro atoms. The fourth-order valence-electron chi connectivity index (χ4n) is 1.99. The van der Waals surface area contributed by atoms with Gasteiger partial charge in [0.15, 0.2) is 0 Å². The number of hydrogen-bond acceptors (Lipinski definition) is 5. The lowest BCUT2D eigenvalue weighted by Crippen LogP contribution is -2.35. The number of aliphatic hydroxyl groups excluding tert-OH is 1. The van der Waals surface area contributed by atoms with Gasteiger partial charge >= 0.3 is 0 Å². The molecule has 1 fully saturated rings. The van der Waals surface area contributed by atoms with Gasteiger partial charge in [-0.25, -0.2) is 4.98 Å². The molecule has 1 aliphatic rings. The van der Waals surface area contributed by atoms with E-state index in [9.17, 15) is 0 Å². The second-order valence-electron chi connectivity index (χ2n) is 4.25. The summed E-state index contributed by atoms with van der Waals surface area (Å²) in [4.78, 5) is 6.57. The molecule has 0 aliphatic carbocycles. The minimum Gasteiger partial charge on any atom is -0.394 e. The van der Waals surface area contributed by atoms with Gasteiger partial charge < -0.3 is 15.4 Å². The largest absolute Gasteiger partial charge is 0.394 e. The first kappa shape index (κ1) is 12.9. The molecule has 96 valence electrons. The Balaban J connectivity index is 1.87. The Morgan fingerprint density at radius 2 is 2.18 bits per heavy atom. The van der Waals surface area contributed by atoms with Gasteiger partial charge in [0.2, 0.25) is 0 Å². The molecule has 0 saturated carbocycles. The van der Waals surface area contributed by atoms with Crippen LogP contribution in [0, 0.1) is 0 Å². The number of aliphatic hydroxyl groups is 1. The first-order chi connectivity index (χ1) is 8.31. The van der Waals surface area contributed by atoms with E-state index in [0.717, 1.165) is 18.8 Å². The van der Waals surface area contributed by atoms with Crippen LogP contribution < -0.4 is 5.73 Å². The maximum absolute atomic E-state index is 9.07. The number of thioether (sulfide) groups is 1. The molecule has 17 heavy (non-hydrogen) atoms. The fraction of sp³-hybridized carbons (Fsp3) is 0.727. The molecule has 1 aromatic rings. The topological polar surface area (TPSA) is 67.3 Å². The van der Waals surface area contributed by atoms with Crippen LogP contribution >= 0.6 is 11.8 Å². The highest BCUT2D eigenvalue weighted by Gasteiger charge is 2.13. The highest BCUT2D eigenvalue weighted by Crippen LogP contribution is 2.11. The Bertz CT molecular complexity index is 338. The van der Waals surface area contributed by atoms with Crippen LogP contribution in [0.4, 0.5) is 0 Å². The molecular formula is C11H20N4OS. The van der Waals surface area contributed by atoms with Crippen LogP contribution in [0.15, 0.2) is 12.5 Å². The lowest BCUT2D eigenvalue weighted by Gasteiger charge is -2.26. The molecular weight excluding hydrogens is 236 g/mol. The Hall–Kier alpha value is -0.560. The van der Waals surface area contributed by atoms with E-state index in [-0.39, 0.29) is 12.6 Å². The third-order valence-corrected chi connectivity index (χ3v) is 4.02. The van der Waals surface area contributed by atoms with Crippen molar-refractivity contribution in [3.8, 4) is 0 Å². The number of nitrogens with two attached hydrogens (primary N) is 1. The van der Waals surface area contributed by atoms with E-state index < -0.39 is 0 Å². The van der Waals surface area contributed by atoms with Gasteiger partial charge in [0, 0.05) is 43.9 Å². The zero-order valence-corrected chi connectivity index (χ0v) is 10.8. The van der Waals surface area contributed by atoms with Crippen molar-refractivity contribution in [3.63, 3.8) is 0 Å². The Morgan fingerprint density at radius 1 is 1.41 bits per heavy atom. The standard InChI is InChI=1S/C11H20N4OS/c12-10(8-16)11-7-13-9-15(11)2-1-14-3-5-17-6-4-14/h7,9-10,16H,1-6,8,12H2. The van der Waals surface area contributed by atoms with Crippen molar-refractivity contribution in [2.24, 2.45) is 5.73 Å². The SMILES string of the molecule is NC(CO)c1cncn1CCN1CCSCC1. The van der Waals surface area contributed by atoms with Crippen LogP contribution in [0.2, 0.25) is 0 Å². The number of rotatable bonds is 5. The van der Waals surface area contributed by atoms with Gasteiger partial charge in [-0.3, -0.25) is 4.90 Å². The van der Waals surface area contributed by atoms with Crippen molar-refractivity contribution in [3.05, 3.63) is 18.2 Å². The summed E-state index contributed by atoms with van der Waals surface area (Å²) >= 11 is 2.02. The lowest BCUT2D eigenvalue weighted by molar-refractivity contribution is 0.257. The monoisotopic (exact) mass is 256 g/mol. The zero-order chi connectivity index (χ0) is 12.1. The zero-order valence-electron chi connectivity index (χ0n) is 9.96. The average molecular weight is 256 g/mol. The predicted molar refractivity (Wildman–Crippen MR) is 70.0 cm³/mol. The third kappa shape index (κ3) is 3.45. The summed E-state index contributed by atoms with van der Waals surface area (Å²) in [6.45, 7) is 4.23. The smallest absolute Gasteiger partial charge is 0.0949 e. The van der Waals surface area contributed by atoms with Crippen LogP contribution in [-0.2, 0) is 6.54 Å². The maximum Gasteiger partial charge on any atom is 0.0949 e. The van der Waals surface area contributed by atoms with Gasteiger partial charge in [-0.15, -0.1) is 0 Å². The number of aromatic nitrogens is 2. The first-order valence-corrected chi connectivity index (χ1v) is 7.13. The molecule has 1 unspecified atom stereocenters. The van der Waals surface area contributed by atoms with Crippen LogP contribution in [0.3, 0.4) is 0 Å². The summed E-state index contributed by atoms with van der Waals surface area (Å²) in [7, 11) is 0. The first-order valence-electron chi connectivity index (χ1n) is 5.98. The van der Waals surface area contributed by atoms with Crippen molar-refractivity contribution >= 4 is 11.8 Å². The highest BCUT2D eigenvalue weighted by atomic mass is 32.2. The van der Waals surface area contributed by atoms with E-state index in [1.54, 1.807) is 12.5 Å². The van der Waals surface area contributed by atoms with Gasteiger partial charge in [0.1, 0.15) is 0 Å². The highest BCUT2D eigenvalue weighted by molar-refractivity contribution is 7.99. The lowest BCUT2D eigenvalue weighted by atomic mass is 10.2. The third-order valence-electron chi connectivity index (χ3n) is 3.08. The molecule has 0 bridgehead atoms. The van der Waals surface area contributed by atoms with Crippen molar-refractivity contribution in [1.29, 1.82) is 0 Å². The van der Waals surface area contributed by atoms with Crippen molar-refractivity contribution in [1.82, 2.24) is 14.5 Å². The predicted octanol–water partition coefficient (Wildman–Crippen LogP) is -0.0760. The summed E-state index contributed by atoms with van der Waals surface area (Å²) in [5.74, 6) is 2.46. The molecule has 2 rings (SSSR count). The summed E-state index contributed by atoms with van der Waals surface area (Å²) in [5.41, 5.74) is 6.74. The molecule has 1 atom stereocenters. The average Bonchev–Trinajstić information content (AvgIpc) is 2.85. The molecule has 1 aliphatic heterocycles. The van der Waals surface area contributed by atoms with Gasteiger partial charge in [0.25, 0.3) is 0 Å². The number of nitrogens with zero attached hydrogens (tertiary/aromatic N) is 3. The van der Waals surface area contributed by atoms with E-state index in [2.05, 4.69) is 9.88 Å². The van der Waals surface area contributed by atoms with Gasteiger partial charge in [-0.1, -0.05) is 0 Å². The van der Waals surface area contributed by atoms with Crippen LogP contribution in [-0.4, -0.2) is 57.3 Å². The molecule has 6 heteroatoms. The maximum atomic E-state index is 9.07. The van der Waals surface area contributed by atoms with Crippen molar-refractivity contribution < 1.29 is 5.11 Å². The molecule has 0 radical (unpaired) electrons. The molecule has 3 N–H and O–H groups in total. The second-order valence-corrected chi connectivity index (χ2v) is 5.48. The molecule has 1 saturated heterocycles. The Labute approximate surface area is 106 Å². The van der Waals surface area contributed by atoms with Crippen molar-refractivity contribution in [2.75, 3.05) is 37.7 Å². The molecule has 2 heterocycles. The second kappa shape index (κ2) is 6.39. The number of imidazole rings is 1.